The van der Waals surface area contributed by atoms with Crippen molar-refractivity contribution in [2.45, 2.75) is 197 Å². The first-order valence-electron chi connectivity index (χ1n) is 31.8. The normalized spacial score (nSPS) is 22.2. The Bertz CT molecular complexity index is 2980. The fourth-order valence-electron chi connectivity index (χ4n) is 9.65. The monoisotopic (exact) mass is 1410 g/mol. The number of aliphatic carboxylic acids is 4. The van der Waals surface area contributed by atoms with Crippen LogP contribution in [0, 0.1) is 5.92 Å². The molecule has 37 nitrogen and oxygen atoms in total. The number of hydrogen-bond donors (Lipinski definition) is 19. The van der Waals surface area contributed by atoms with Gasteiger partial charge >= 0.3 is 35.9 Å². The van der Waals surface area contributed by atoms with Gasteiger partial charge in [0.25, 0.3) is 0 Å². The summed E-state index contributed by atoms with van der Waals surface area (Å²) in [6.45, 7) is 2.02. The van der Waals surface area contributed by atoms with Crippen LogP contribution in [0.4, 0.5) is 10.5 Å². The molecule has 98 heavy (non-hydrogen) atoms. The van der Waals surface area contributed by atoms with Crippen molar-refractivity contribution in [3.8, 4) is 0 Å². The number of esters is 1. The summed E-state index contributed by atoms with van der Waals surface area (Å²) < 4.78 is 5.65. The standard InChI is InChI=1S/C60H93N14O23P/c1-5-6-7-8-9-10-11-12-13-16-21-62-60(96)72-39(27-48(85)86)55(91)74-50-33(4)97-59(95)40(24-42(76)34-18-14-15-19-35(34)61)71-58(94)49(31(2)23-45(79)80)73-56(92)41(30-75)68-44(78)28-63-52(88)37(25-46(81)82)69-51(87)32(3)66-54(90)38(26-47(83)84)70-53(89)36(20-17-22-65-98)67-43(77)29-64-57(50)93/h14-15,18-19,31-33,36-41,49-50,65,75H,5-13,16-17,20-30,61,98H2,1-4H3,(H,63,88)(H,64,93)(H,66,90)(H,67,77)(H,68,78)(H,69,87)(H,70,89)(H,71,94)(H,73,92)(H,74,91)(H,79,80)(H,81,82)(H,83,84)(H,85,86)(H2,62,72,96). The van der Waals surface area contributed by atoms with Crippen molar-refractivity contribution in [1.82, 2.24) is 68.9 Å². The number of ether oxygens (including phenoxy) is 1. The minimum Gasteiger partial charge on any atom is -0.481 e. The van der Waals surface area contributed by atoms with Crippen molar-refractivity contribution in [1.29, 1.82) is 0 Å². The van der Waals surface area contributed by atoms with Gasteiger partial charge < -0.3 is 105 Å². The first-order chi connectivity index (χ1) is 46.3. The van der Waals surface area contributed by atoms with Crippen LogP contribution in [-0.4, -0.2) is 220 Å². The van der Waals surface area contributed by atoms with E-state index in [-0.39, 0.29) is 37.2 Å². The van der Waals surface area contributed by atoms with Crippen molar-refractivity contribution in [2.24, 2.45) is 5.92 Å². The molecule has 1 aromatic rings. The number of carbonyl (C=O) groups excluding carboxylic acids is 13. The van der Waals surface area contributed by atoms with Gasteiger partial charge in [-0.15, -0.1) is 0 Å². The Balaban J connectivity index is 2.84. The molecule has 0 bridgehead atoms. The highest BCUT2D eigenvalue weighted by Crippen LogP contribution is 2.18. The molecule has 0 saturated carbocycles. The molecule has 0 aliphatic carbocycles. The van der Waals surface area contributed by atoms with Crippen LogP contribution < -0.4 is 74.6 Å². The largest absolute Gasteiger partial charge is 0.481 e. The summed E-state index contributed by atoms with van der Waals surface area (Å²) in [5.74, 6) is -23.9. The SMILES string of the molecule is CCCCCCCCCCCCNC(=O)NC(CC(=O)O)C(=O)NC1C(=O)NCC(=O)NC(CCCNP)C(=O)NC(CC(=O)O)C(=O)NC(C)C(=O)NC(CC(=O)O)C(=O)NCC(=O)NC(CO)C(=O)NC(C(C)CC(=O)O)C(=O)NC(CC(=O)c2ccccc2N)C(=O)OC1C. The molecule has 1 aromatic carbocycles. The minimum atomic E-state index is -2.23. The molecule has 0 aromatic heterocycles. The molecule has 0 radical (unpaired) electrons. The number of carboxylic acid groups (broad SMARTS) is 4. The van der Waals surface area contributed by atoms with E-state index in [0.717, 1.165) is 72.1 Å². The Morgan fingerprint density at radius 1 is 0.582 bits per heavy atom. The van der Waals surface area contributed by atoms with E-state index < -0.39 is 219 Å². The van der Waals surface area contributed by atoms with Gasteiger partial charge in [-0.2, -0.15) is 0 Å². The molecule has 1 fully saturated rings. The smallest absolute Gasteiger partial charge is 0.329 e. The van der Waals surface area contributed by atoms with Crippen molar-refractivity contribution in [3.63, 3.8) is 0 Å². The number of para-hydroxylation sites is 1. The zero-order valence-corrected chi connectivity index (χ0v) is 56.1. The highest BCUT2D eigenvalue weighted by atomic mass is 31.0. The summed E-state index contributed by atoms with van der Waals surface area (Å²) in [7, 11) is 2.18. The van der Waals surface area contributed by atoms with Crippen LogP contribution in [0.15, 0.2) is 24.3 Å². The minimum absolute atomic E-state index is 0.0858. The van der Waals surface area contributed by atoms with Crippen molar-refractivity contribution < 1.29 is 112 Å². The maximum absolute atomic E-state index is 14.6. The number of unbranched alkanes of at least 4 members (excludes halogenated alkanes) is 9. The van der Waals surface area contributed by atoms with E-state index in [1.807, 2.05) is 16.0 Å². The molecule has 546 valence electrons. The second-order valence-corrected chi connectivity index (χ2v) is 23.6. The Morgan fingerprint density at radius 2 is 1.10 bits per heavy atom. The fourth-order valence-corrected chi connectivity index (χ4v) is 9.86. The molecule has 12 amide bonds. The second kappa shape index (κ2) is 45.0. The molecule has 1 saturated heterocycles. The predicted octanol–water partition coefficient (Wildman–Crippen LogP) is -3.81. The van der Waals surface area contributed by atoms with Crippen LogP contribution in [0.3, 0.4) is 0 Å². The molecule has 2 rings (SSSR count). The third kappa shape index (κ3) is 32.4. The maximum atomic E-state index is 14.6. The molecule has 1 aliphatic heterocycles. The lowest BCUT2D eigenvalue weighted by Crippen LogP contribution is -2.61. The van der Waals surface area contributed by atoms with E-state index >= 15 is 0 Å². The molecule has 12 unspecified atom stereocenters. The number of aliphatic hydroxyl groups is 1. The molecule has 1 heterocycles. The lowest BCUT2D eigenvalue weighted by atomic mass is 9.96. The molecule has 0 spiro atoms. The van der Waals surface area contributed by atoms with Gasteiger partial charge in [-0.3, -0.25) is 71.9 Å². The van der Waals surface area contributed by atoms with E-state index in [0.29, 0.717) is 6.42 Å². The summed E-state index contributed by atoms with van der Waals surface area (Å²) in [6.07, 6.45) is 2.20. The van der Waals surface area contributed by atoms with Crippen molar-refractivity contribution in [3.05, 3.63) is 29.8 Å². The second-order valence-electron chi connectivity index (χ2n) is 23.2. The number of amides is 12. The van der Waals surface area contributed by atoms with E-state index in [9.17, 15) is 107 Å². The van der Waals surface area contributed by atoms with Crippen LogP contribution in [0.1, 0.15) is 147 Å². The number of urea groups is 1. The topological polar surface area (TPSA) is 583 Å². The van der Waals surface area contributed by atoms with E-state index in [1.165, 1.54) is 30.7 Å². The van der Waals surface area contributed by atoms with Crippen LogP contribution >= 0.6 is 9.39 Å². The molecule has 20 N–H and O–H groups in total. The van der Waals surface area contributed by atoms with E-state index in [4.69, 9.17) is 10.5 Å². The van der Waals surface area contributed by atoms with E-state index in [1.54, 1.807) is 0 Å². The number of anilines is 1. The number of ketones is 1. The number of nitrogens with two attached hydrogens (primary N) is 1. The van der Waals surface area contributed by atoms with Gasteiger partial charge in [0.1, 0.15) is 60.5 Å². The fraction of sp³-hybridized carbons (Fsp3) is 0.617. The Kier molecular flexibility index (Phi) is 38.8. The highest BCUT2D eigenvalue weighted by molar-refractivity contribution is 7.13. The number of Topliss-reactive ketones (excluding diaryl/α,β-unsaturated/α-hetero) is 1. The highest BCUT2D eigenvalue weighted by Gasteiger charge is 2.40. The number of cyclic esters (lactones) is 1. The van der Waals surface area contributed by atoms with Gasteiger partial charge in [0, 0.05) is 24.2 Å². The van der Waals surface area contributed by atoms with Crippen molar-refractivity contribution >= 4 is 116 Å². The molecular weight excluding hydrogens is 1320 g/mol. The third-order valence-electron chi connectivity index (χ3n) is 15.0. The predicted molar refractivity (Wildman–Crippen MR) is 347 cm³/mol. The number of carbonyl (C=O) groups is 17. The van der Waals surface area contributed by atoms with Crippen molar-refractivity contribution in [2.75, 3.05) is 38.5 Å². The van der Waals surface area contributed by atoms with Gasteiger partial charge in [-0.05, 0) is 57.7 Å². The summed E-state index contributed by atoms with van der Waals surface area (Å²) in [5.41, 5.74) is 5.72. The number of hydrogen-bond acceptors (Lipinski definition) is 21. The number of carboxylic acids is 4. The van der Waals surface area contributed by atoms with Gasteiger partial charge in [0.2, 0.25) is 59.1 Å². The van der Waals surface area contributed by atoms with Crippen LogP contribution in [0.2, 0.25) is 0 Å². The Labute approximate surface area is 566 Å². The first-order valence-corrected chi connectivity index (χ1v) is 32.4. The number of rotatable bonds is 31. The quantitative estimate of drug-likeness (QED) is 0.0111. The summed E-state index contributed by atoms with van der Waals surface area (Å²) in [5, 5.41) is 78.2. The van der Waals surface area contributed by atoms with Gasteiger partial charge in [0.15, 0.2) is 5.78 Å². The van der Waals surface area contributed by atoms with Crippen LogP contribution in [-0.2, 0) is 76.7 Å². The zero-order chi connectivity index (χ0) is 73.6. The molecule has 1 aliphatic rings. The molecule has 38 heteroatoms. The van der Waals surface area contributed by atoms with Crippen LogP contribution in [0.5, 0.6) is 0 Å². The van der Waals surface area contributed by atoms with Gasteiger partial charge in [-0.1, -0.05) is 93.2 Å². The van der Waals surface area contributed by atoms with E-state index in [2.05, 4.69) is 69.3 Å². The summed E-state index contributed by atoms with van der Waals surface area (Å²) in [4.78, 5) is 228. The summed E-state index contributed by atoms with van der Waals surface area (Å²) >= 11 is 0. The van der Waals surface area contributed by atoms with Crippen LogP contribution in [0.25, 0.3) is 0 Å². The molecular formula is C60H93N14O23P. The Morgan fingerprint density at radius 3 is 1.66 bits per heavy atom. The average molecular weight is 1410 g/mol. The lowest BCUT2D eigenvalue weighted by Gasteiger charge is -2.29. The summed E-state index contributed by atoms with van der Waals surface area (Å²) in [6, 6.07) is -13.6. The maximum Gasteiger partial charge on any atom is 0.329 e. The number of aliphatic hydroxyl groups excluding tert-OH is 1. The third-order valence-corrected chi connectivity index (χ3v) is 15.3. The Hall–Kier alpha value is -9.64. The lowest BCUT2D eigenvalue weighted by molar-refractivity contribution is -0.156. The average Bonchev–Trinajstić information content (AvgIpc) is 0.883. The zero-order valence-electron chi connectivity index (χ0n) is 55.0. The first kappa shape index (κ1) is 84.4. The number of nitrogen functional groups attached to an aromatic ring is 1. The van der Waals surface area contributed by atoms with Gasteiger partial charge in [0.05, 0.1) is 45.4 Å². The van der Waals surface area contributed by atoms with Gasteiger partial charge in [-0.25, -0.2) is 9.59 Å². The number of benzene rings is 1. The number of nitrogens with one attached hydrogen (secondary N) is 13. The molecule has 12 atom stereocenters.